The van der Waals surface area contributed by atoms with Gasteiger partial charge in [-0.15, -0.1) is 0 Å². The number of likely N-dealkylation sites (tertiary alicyclic amines) is 1. The number of rotatable bonds is 2. The summed E-state index contributed by atoms with van der Waals surface area (Å²) in [7, 11) is 0. The summed E-state index contributed by atoms with van der Waals surface area (Å²) in [5.41, 5.74) is 1.42. The Bertz CT molecular complexity index is 453. The van der Waals surface area contributed by atoms with Gasteiger partial charge < -0.3 is 10.2 Å². The third-order valence-corrected chi connectivity index (χ3v) is 3.75. The molecule has 0 atom stereocenters. The predicted molar refractivity (Wildman–Crippen MR) is 73.3 cm³/mol. The van der Waals surface area contributed by atoms with E-state index in [2.05, 4.69) is 12.2 Å². The number of hydrogen-bond acceptors (Lipinski definition) is 1. The number of aryl methyl sites for hydroxylation is 1. The van der Waals surface area contributed by atoms with Gasteiger partial charge in [-0.3, -0.25) is 0 Å². The number of nitrogens with one attached hydrogen (secondary N) is 1. The zero-order valence-corrected chi connectivity index (χ0v) is 11.6. The van der Waals surface area contributed by atoms with Crippen LogP contribution in [0.25, 0.3) is 0 Å². The van der Waals surface area contributed by atoms with Crippen LogP contribution in [0.15, 0.2) is 18.2 Å². The molecular weight excluding hydrogens is 243 g/mol. The number of benzene rings is 1. The van der Waals surface area contributed by atoms with Crippen LogP contribution < -0.4 is 5.32 Å². The van der Waals surface area contributed by atoms with Gasteiger partial charge in [0.15, 0.2) is 0 Å². The highest BCUT2D eigenvalue weighted by atomic mass is 19.1. The van der Waals surface area contributed by atoms with Crippen molar-refractivity contribution >= 4 is 6.03 Å². The second-order valence-electron chi connectivity index (χ2n) is 5.41. The highest BCUT2D eigenvalue weighted by molar-refractivity contribution is 5.74. The Morgan fingerprint density at radius 1 is 1.42 bits per heavy atom. The molecule has 3 nitrogen and oxygen atoms in total. The van der Waals surface area contributed by atoms with Gasteiger partial charge in [0.25, 0.3) is 0 Å². The molecule has 1 aromatic rings. The number of hydrogen-bond donors (Lipinski definition) is 1. The number of nitrogens with zero attached hydrogens (tertiary/aromatic N) is 1. The van der Waals surface area contributed by atoms with Gasteiger partial charge in [-0.05, 0) is 42.9 Å². The zero-order chi connectivity index (χ0) is 13.8. The third-order valence-electron chi connectivity index (χ3n) is 3.75. The van der Waals surface area contributed by atoms with Crippen LogP contribution in [0.5, 0.6) is 0 Å². The smallest absolute Gasteiger partial charge is 0.317 e. The summed E-state index contributed by atoms with van der Waals surface area (Å²) in [6, 6.07) is 5.01. The lowest BCUT2D eigenvalue weighted by Crippen LogP contribution is -2.43. The Balaban J connectivity index is 1.84. The van der Waals surface area contributed by atoms with Gasteiger partial charge in [0, 0.05) is 19.6 Å². The zero-order valence-electron chi connectivity index (χ0n) is 11.6. The van der Waals surface area contributed by atoms with E-state index in [0.29, 0.717) is 18.0 Å². The van der Waals surface area contributed by atoms with E-state index in [9.17, 15) is 9.18 Å². The second kappa shape index (κ2) is 6.04. The minimum atomic E-state index is -0.224. The van der Waals surface area contributed by atoms with Crippen molar-refractivity contribution in [2.45, 2.75) is 33.2 Å². The lowest BCUT2D eigenvalue weighted by atomic mass is 10.00. The normalized spacial score (nSPS) is 16.5. The molecule has 1 fully saturated rings. The summed E-state index contributed by atoms with van der Waals surface area (Å²) >= 11 is 0. The summed E-state index contributed by atoms with van der Waals surface area (Å²) in [5, 5.41) is 2.85. The topological polar surface area (TPSA) is 32.3 Å². The molecule has 1 aromatic carbocycles. The van der Waals surface area contributed by atoms with E-state index >= 15 is 0 Å². The van der Waals surface area contributed by atoms with E-state index in [1.165, 1.54) is 6.07 Å². The van der Waals surface area contributed by atoms with Gasteiger partial charge in [0.05, 0.1) is 0 Å². The third kappa shape index (κ3) is 3.69. The fourth-order valence-corrected chi connectivity index (χ4v) is 2.25. The molecule has 2 rings (SSSR count). The SMILES string of the molecule is Cc1ccc(CNC(=O)N2CCC(C)CC2)cc1F. The minimum Gasteiger partial charge on any atom is -0.334 e. The van der Waals surface area contributed by atoms with Crippen LogP contribution in [0.2, 0.25) is 0 Å². The summed E-state index contributed by atoms with van der Waals surface area (Å²) in [6.07, 6.45) is 2.12. The van der Waals surface area contributed by atoms with Crippen molar-refractivity contribution < 1.29 is 9.18 Å². The van der Waals surface area contributed by atoms with Crippen molar-refractivity contribution in [2.75, 3.05) is 13.1 Å². The van der Waals surface area contributed by atoms with E-state index < -0.39 is 0 Å². The van der Waals surface area contributed by atoms with Crippen molar-refractivity contribution in [2.24, 2.45) is 5.92 Å². The van der Waals surface area contributed by atoms with Gasteiger partial charge in [-0.1, -0.05) is 19.1 Å². The van der Waals surface area contributed by atoms with Gasteiger partial charge in [0.2, 0.25) is 0 Å². The van der Waals surface area contributed by atoms with E-state index in [-0.39, 0.29) is 11.8 Å². The number of urea groups is 1. The van der Waals surface area contributed by atoms with Crippen LogP contribution in [-0.2, 0) is 6.54 Å². The Morgan fingerprint density at radius 3 is 2.74 bits per heavy atom. The summed E-state index contributed by atoms with van der Waals surface area (Å²) in [6.45, 7) is 5.95. The van der Waals surface area contributed by atoms with Crippen molar-refractivity contribution in [1.29, 1.82) is 0 Å². The molecule has 0 bridgehead atoms. The first-order valence-electron chi connectivity index (χ1n) is 6.84. The molecule has 1 heterocycles. The molecule has 1 saturated heterocycles. The molecule has 19 heavy (non-hydrogen) atoms. The highest BCUT2D eigenvalue weighted by Crippen LogP contribution is 2.16. The lowest BCUT2D eigenvalue weighted by Gasteiger charge is -2.30. The van der Waals surface area contributed by atoms with Gasteiger partial charge in [-0.2, -0.15) is 0 Å². The van der Waals surface area contributed by atoms with E-state index in [1.807, 2.05) is 11.0 Å². The van der Waals surface area contributed by atoms with Crippen LogP contribution in [0.4, 0.5) is 9.18 Å². The first-order chi connectivity index (χ1) is 9.06. The van der Waals surface area contributed by atoms with Crippen molar-refractivity contribution in [3.05, 3.63) is 35.1 Å². The van der Waals surface area contributed by atoms with Crippen LogP contribution in [0.3, 0.4) is 0 Å². The van der Waals surface area contributed by atoms with E-state index in [4.69, 9.17) is 0 Å². The maximum absolute atomic E-state index is 13.4. The van der Waals surface area contributed by atoms with Crippen LogP contribution in [0, 0.1) is 18.7 Å². The van der Waals surface area contributed by atoms with Crippen LogP contribution >= 0.6 is 0 Å². The fourth-order valence-electron chi connectivity index (χ4n) is 2.25. The molecule has 1 aliphatic heterocycles. The molecule has 0 radical (unpaired) electrons. The molecule has 1 aliphatic rings. The Labute approximate surface area is 113 Å². The fraction of sp³-hybridized carbons (Fsp3) is 0.533. The molecule has 2 amide bonds. The molecule has 0 saturated carbocycles. The first kappa shape index (κ1) is 13.8. The predicted octanol–water partition coefficient (Wildman–Crippen LogP) is 3.08. The summed E-state index contributed by atoms with van der Waals surface area (Å²) in [4.78, 5) is 13.8. The van der Waals surface area contributed by atoms with Gasteiger partial charge in [-0.25, -0.2) is 9.18 Å². The van der Waals surface area contributed by atoms with Crippen LogP contribution in [-0.4, -0.2) is 24.0 Å². The van der Waals surface area contributed by atoms with Crippen molar-refractivity contribution in [3.63, 3.8) is 0 Å². The molecule has 0 spiro atoms. The van der Waals surface area contributed by atoms with Gasteiger partial charge >= 0.3 is 6.03 Å². The Morgan fingerprint density at radius 2 is 2.11 bits per heavy atom. The number of halogens is 1. The minimum absolute atomic E-state index is 0.0483. The molecule has 1 N–H and O–H groups in total. The molecule has 4 heteroatoms. The quantitative estimate of drug-likeness (QED) is 0.874. The monoisotopic (exact) mass is 264 g/mol. The van der Waals surface area contributed by atoms with E-state index in [1.54, 1.807) is 13.0 Å². The standard InChI is InChI=1S/C15H21FN2O/c1-11-5-7-18(8-6-11)15(19)17-10-13-4-3-12(2)14(16)9-13/h3-4,9,11H,5-8,10H2,1-2H3,(H,17,19). The number of piperidine rings is 1. The summed E-state index contributed by atoms with van der Waals surface area (Å²) in [5.74, 6) is 0.480. The molecule has 0 aromatic heterocycles. The average molecular weight is 264 g/mol. The largest absolute Gasteiger partial charge is 0.334 e. The molecule has 0 aliphatic carbocycles. The maximum Gasteiger partial charge on any atom is 0.317 e. The van der Waals surface area contributed by atoms with Gasteiger partial charge in [0.1, 0.15) is 5.82 Å². The van der Waals surface area contributed by atoms with E-state index in [0.717, 1.165) is 31.5 Å². The Hall–Kier alpha value is -1.58. The summed E-state index contributed by atoms with van der Waals surface area (Å²) < 4.78 is 13.4. The highest BCUT2D eigenvalue weighted by Gasteiger charge is 2.19. The van der Waals surface area contributed by atoms with Crippen molar-refractivity contribution in [1.82, 2.24) is 10.2 Å². The molecule has 104 valence electrons. The molecular formula is C15H21FN2O. The lowest BCUT2D eigenvalue weighted by molar-refractivity contribution is 0.173. The Kier molecular flexibility index (Phi) is 4.40. The molecule has 0 unspecified atom stereocenters. The first-order valence-corrected chi connectivity index (χ1v) is 6.84. The second-order valence-corrected chi connectivity index (χ2v) is 5.41. The van der Waals surface area contributed by atoms with Crippen molar-refractivity contribution in [3.8, 4) is 0 Å². The van der Waals surface area contributed by atoms with Crippen LogP contribution in [0.1, 0.15) is 30.9 Å². The number of carbonyl (C=O) groups is 1. The average Bonchev–Trinajstić information content (AvgIpc) is 2.40. The number of carbonyl (C=O) groups excluding carboxylic acids is 1. The maximum atomic E-state index is 13.4. The number of amides is 2.